The van der Waals surface area contributed by atoms with Crippen molar-refractivity contribution < 1.29 is 26.7 Å². The Kier molecular flexibility index (Phi) is 5.54. The molecule has 0 aromatic heterocycles. The van der Waals surface area contributed by atoms with Crippen molar-refractivity contribution in [2.45, 2.75) is 11.8 Å². The summed E-state index contributed by atoms with van der Waals surface area (Å²) in [5.74, 6) is -2.13. The zero-order valence-corrected chi connectivity index (χ0v) is 15.4. The minimum Gasteiger partial charge on any atom is -0.379 e. The molecule has 3 rings (SSSR count). The van der Waals surface area contributed by atoms with Gasteiger partial charge in [0.1, 0.15) is 11.6 Å². The number of carbonyl (C=O) groups is 1. The maximum absolute atomic E-state index is 14.2. The van der Waals surface area contributed by atoms with Crippen molar-refractivity contribution in [3.63, 3.8) is 0 Å². The Morgan fingerprint density at radius 2 is 1.81 bits per heavy atom. The first kappa shape index (κ1) is 19.4. The highest BCUT2D eigenvalue weighted by Crippen LogP contribution is 2.22. The van der Waals surface area contributed by atoms with Gasteiger partial charge in [-0.25, -0.2) is 17.2 Å². The first-order valence-electron chi connectivity index (χ1n) is 8.24. The van der Waals surface area contributed by atoms with E-state index in [0.717, 1.165) is 24.3 Å². The molecule has 1 heterocycles. The summed E-state index contributed by atoms with van der Waals surface area (Å²) in [6, 6.07) is 6.83. The van der Waals surface area contributed by atoms with Crippen LogP contribution in [0.1, 0.15) is 15.9 Å². The van der Waals surface area contributed by atoms with E-state index in [2.05, 4.69) is 5.32 Å². The molecule has 9 heteroatoms. The number of halogens is 2. The first-order valence-corrected chi connectivity index (χ1v) is 9.68. The topological polar surface area (TPSA) is 75.7 Å². The van der Waals surface area contributed by atoms with E-state index in [-0.39, 0.29) is 31.2 Å². The Bertz CT molecular complexity index is 973. The van der Waals surface area contributed by atoms with Crippen LogP contribution in [0.15, 0.2) is 41.3 Å². The Labute approximate surface area is 155 Å². The molecule has 1 saturated heterocycles. The number of aryl methyl sites for hydroxylation is 1. The molecular weight excluding hydrogens is 378 g/mol. The average Bonchev–Trinajstić information content (AvgIpc) is 2.65. The second-order valence-corrected chi connectivity index (χ2v) is 8.01. The number of carbonyl (C=O) groups excluding carboxylic acids is 1. The number of morpholine rings is 1. The summed E-state index contributed by atoms with van der Waals surface area (Å²) >= 11 is 0. The van der Waals surface area contributed by atoms with Crippen LogP contribution in [0.25, 0.3) is 0 Å². The molecule has 0 saturated carbocycles. The number of rotatable bonds is 4. The van der Waals surface area contributed by atoms with Crippen molar-refractivity contribution in [2.24, 2.45) is 0 Å². The lowest BCUT2D eigenvalue weighted by atomic mass is 10.1. The maximum atomic E-state index is 14.2. The summed E-state index contributed by atoms with van der Waals surface area (Å²) in [5.41, 5.74) is 0.358. The highest BCUT2D eigenvalue weighted by molar-refractivity contribution is 7.89. The van der Waals surface area contributed by atoms with Crippen LogP contribution in [-0.4, -0.2) is 44.9 Å². The van der Waals surface area contributed by atoms with Gasteiger partial charge in [0.05, 0.1) is 23.7 Å². The minimum atomic E-state index is -3.86. The van der Waals surface area contributed by atoms with Crippen LogP contribution in [0.2, 0.25) is 0 Å². The summed E-state index contributed by atoms with van der Waals surface area (Å²) in [5, 5.41) is 2.48. The monoisotopic (exact) mass is 396 g/mol. The number of benzene rings is 2. The van der Waals surface area contributed by atoms with Crippen LogP contribution in [-0.2, 0) is 14.8 Å². The predicted octanol–water partition coefficient (Wildman–Crippen LogP) is 2.55. The zero-order chi connectivity index (χ0) is 19.6. The van der Waals surface area contributed by atoms with E-state index in [4.69, 9.17) is 4.74 Å². The molecule has 0 radical (unpaired) electrons. The third-order valence-electron chi connectivity index (χ3n) is 4.23. The fraction of sp³-hybridized carbons (Fsp3) is 0.278. The van der Waals surface area contributed by atoms with Crippen molar-refractivity contribution >= 4 is 21.6 Å². The van der Waals surface area contributed by atoms with E-state index >= 15 is 0 Å². The second kappa shape index (κ2) is 7.71. The summed E-state index contributed by atoms with van der Waals surface area (Å²) in [4.78, 5) is 12.3. The van der Waals surface area contributed by atoms with Gasteiger partial charge in [-0.2, -0.15) is 4.31 Å². The molecule has 2 aromatic rings. The number of anilines is 1. The number of nitrogens with one attached hydrogen (secondary N) is 1. The Morgan fingerprint density at radius 3 is 2.48 bits per heavy atom. The molecule has 27 heavy (non-hydrogen) atoms. The third kappa shape index (κ3) is 4.15. The first-order chi connectivity index (χ1) is 12.8. The van der Waals surface area contributed by atoms with Crippen molar-refractivity contribution in [1.82, 2.24) is 4.31 Å². The van der Waals surface area contributed by atoms with Gasteiger partial charge in [-0.15, -0.1) is 0 Å². The predicted molar refractivity (Wildman–Crippen MR) is 95.1 cm³/mol. The van der Waals surface area contributed by atoms with Crippen LogP contribution in [0, 0.1) is 18.6 Å². The quantitative estimate of drug-likeness (QED) is 0.862. The molecule has 0 atom stereocenters. The number of amides is 1. The van der Waals surface area contributed by atoms with Crippen molar-refractivity contribution in [1.29, 1.82) is 0 Å². The molecule has 6 nitrogen and oxygen atoms in total. The van der Waals surface area contributed by atoms with Gasteiger partial charge in [-0.05, 0) is 48.9 Å². The van der Waals surface area contributed by atoms with Gasteiger partial charge >= 0.3 is 0 Å². The Hall–Kier alpha value is -2.36. The highest BCUT2D eigenvalue weighted by Gasteiger charge is 2.28. The van der Waals surface area contributed by atoms with Crippen molar-refractivity contribution in [2.75, 3.05) is 31.6 Å². The molecule has 1 aliphatic rings. The van der Waals surface area contributed by atoms with Gasteiger partial charge in [-0.1, -0.05) is 0 Å². The lowest BCUT2D eigenvalue weighted by Gasteiger charge is -2.26. The molecule has 1 fully saturated rings. The lowest BCUT2D eigenvalue weighted by Crippen LogP contribution is -2.40. The number of ether oxygens (including phenoxy) is 1. The zero-order valence-electron chi connectivity index (χ0n) is 14.5. The Balaban J connectivity index is 1.89. The second-order valence-electron chi connectivity index (χ2n) is 6.07. The van der Waals surface area contributed by atoms with Crippen molar-refractivity contribution in [3.05, 3.63) is 59.2 Å². The number of hydrogen-bond donors (Lipinski definition) is 1. The lowest BCUT2D eigenvalue weighted by molar-refractivity contribution is 0.0730. The van der Waals surface area contributed by atoms with E-state index in [0.29, 0.717) is 11.3 Å². The van der Waals surface area contributed by atoms with Crippen molar-refractivity contribution in [3.8, 4) is 0 Å². The van der Waals surface area contributed by atoms with E-state index < -0.39 is 33.1 Å². The van der Waals surface area contributed by atoms with Gasteiger partial charge in [-0.3, -0.25) is 4.79 Å². The van der Waals surface area contributed by atoms with Gasteiger partial charge < -0.3 is 10.1 Å². The van der Waals surface area contributed by atoms with E-state index in [1.54, 1.807) is 6.92 Å². The number of hydrogen-bond acceptors (Lipinski definition) is 4. The van der Waals surface area contributed by atoms with Crippen LogP contribution < -0.4 is 5.32 Å². The van der Waals surface area contributed by atoms with E-state index in [9.17, 15) is 22.0 Å². The molecule has 0 aliphatic carbocycles. The molecular formula is C18H18F2N2O4S. The molecule has 1 N–H and O–H groups in total. The van der Waals surface area contributed by atoms with Crippen LogP contribution in [0.5, 0.6) is 0 Å². The molecule has 0 spiro atoms. The molecule has 1 amide bonds. The normalized spacial score (nSPS) is 15.5. The maximum Gasteiger partial charge on any atom is 0.258 e. The standard InChI is InChI=1S/C18H18F2N2O4S/c1-12-10-13(19)2-5-17(12)21-18(23)15-11-14(3-4-16(15)20)27(24,25)22-6-8-26-9-7-22/h2-5,10-11H,6-9H2,1H3,(H,21,23). The third-order valence-corrected chi connectivity index (χ3v) is 6.12. The highest BCUT2D eigenvalue weighted by atomic mass is 32.2. The van der Waals surface area contributed by atoms with Gasteiger partial charge in [0, 0.05) is 18.8 Å². The molecule has 144 valence electrons. The summed E-state index contributed by atoms with van der Waals surface area (Å²) < 4.78 is 59.1. The van der Waals surface area contributed by atoms with Crippen LogP contribution in [0.3, 0.4) is 0 Å². The summed E-state index contributed by atoms with van der Waals surface area (Å²) in [6.45, 7) is 2.52. The number of sulfonamides is 1. The van der Waals surface area contributed by atoms with Gasteiger partial charge in [0.15, 0.2) is 0 Å². The fourth-order valence-corrected chi connectivity index (χ4v) is 4.17. The summed E-state index contributed by atoms with van der Waals surface area (Å²) in [6.07, 6.45) is 0. The van der Waals surface area contributed by atoms with Gasteiger partial charge in [0.2, 0.25) is 10.0 Å². The minimum absolute atomic E-state index is 0.174. The van der Waals surface area contributed by atoms with E-state index in [1.165, 1.54) is 16.4 Å². The van der Waals surface area contributed by atoms with E-state index in [1.807, 2.05) is 0 Å². The fourth-order valence-electron chi connectivity index (χ4n) is 2.73. The van der Waals surface area contributed by atoms with Crippen LogP contribution in [0.4, 0.5) is 14.5 Å². The molecule has 0 unspecified atom stereocenters. The van der Waals surface area contributed by atoms with Gasteiger partial charge in [0.25, 0.3) is 5.91 Å². The molecule has 2 aromatic carbocycles. The Morgan fingerprint density at radius 1 is 1.11 bits per heavy atom. The molecule has 1 aliphatic heterocycles. The smallest absolute Gasteiger partial charge is 0.258 e. The summed E-state index contributed by atoms with van der Waals surface area (Å²) in [7, 11) is -3.86. The SMILES string of the molecule is Cc1cc(F)ccc1NC(=O)c1cc(S(=O)(=O)N2CCOCC2)ccc1F. The molecule has 0 bridgehead atoms. The number of nitrogens with zero attached hydrogens (tertiary/aromatic N) is 1. The largest absolute Gasteiger partial charge is 0.379 e. The van der Waals surface area contributed by atoms with Crippen LogP contribution >= 0.6 is 0 Å². The average molecular weight is 396 g/mol.